The van der Waals surface area contributed by atoms with Crippen LogP contribution in [-0.2, 0) is 0 Å². The maximum absolute atomic E-state index is 12.9. The number of ketones is 1. The van der Waals surface area contributed by atoms with E-state index in [1.54, 1.807) is 38.2 Å². The molecule has 28 heavy (non-hydrogen) atoms. The quantitative estimate of drug-likeness (QED) is 0.369. The van der Waals surface area contributed by atoms with Gasteiger partial charge < -0.3 is 0 Å². The molecule has 0 saturated carbocycles. The second-order valence-electron chi connectivity index (χ2n) is 6.70. The van der Waals surface area contributed by atoms with Gasteiger partial charge in [-0.3, -0.25) is 14.6 Å². The summed E-state index contributed by atoms with van der Waals surface area (Å²) >= 11 is 0. The Bertz CT molecular complexity index is 990. The largest absolute Gasteiger partial charge is 0.289 e. The van der Waals surface area contributed by atoms with Gasteiger partial charge in [0.05, 0.1) is 0 Å². The molecule has 5 nitrogen and oxygen atoms in total. The Labute approximate surface area is 164 Å². The van der Waals surface area contributed by atoms with Gasteiger partial charge in [0.25, 0.3) is 0 Å². The number of carbonyl (C=O) groups excluding carboxylic acids is 1. The lowest BCUT2D eigenvalue weighted by Crippen LogP contribution is -2.03. The summed E-state index contributed by atoms with van der Waals surface area (Å²) in [6.45, 7) is 7.42. The number of benzene rings is 1. The fourth-order valence-electron chi connectivity index (χ4n) is 2.85. The molecule has 0 aliphatic rings. The van der Waals surface area contributed by atoms with E-state index in [1.165, 1.54) is 6.07 Å². The van der Waals surface area contributed by atoms with Gasteiger partial charge in [-0.05, 0) is 48.2 Å². The molecule has 0 heterocycles. The molecular formula is C23H24N2O3. The van der Waals surface area contributed by atoms with E-state index < -0.39 is 5.43 Å². The van der Waals surface area contributed by atoms with Crippen molar-refractivity contribution in [1.82, 2.24) is 0 Å². The summed E-state index contributed by atoms with van der Waals surface area (Å²) < 4.78 is 0. The van der Waals surface area contributed by atoms with E-state index in [0.717, 1.165) is 12.0 Å². The molecule has 0 N–H and O–H groups in total. The van der Waals surface area contributed by atoms with E-state index in [9.17, 15) is 14.5 Å². The van der Waals surface area contributed by atoms with Crippen molar-refractivity contribution < 1.29 is 4.79 Å². The minimum atomic E-state index is -0.459. The summed E-state index contributed by atoms with van der Waals surface area (Å²) in [5.41, 5.74) is 2.14. The lowest BCUT2D eigenvalue weighted by molar-refractivity contribution is 0.103. The van der Waals surface area contributed by atoms with Crippen LogP contribution in [0.3, 0.4) is 0 Å². The molecule has 5 heteroatoms. The predicted molar refractivity (Wildman–Crippen MR) is 114 cm³/mol. The maximum Gasteiger partial charge on any atom is 0.210 e. The number of hydrogen-bond donors (Lipinski definition) is 0. The van der Waals surface area contributed by atoms with Crippen LogP contribution in [-0.4, -0.2) is 12.0 Å². The van der Waals surface area contributed by atoms with E-state index in [4.69, 9.17) is 0 Å². The van der Waals surface area contributed by atoms with Gasteiger partial charge in [0.2, 0.25) is 5.43 Å². The highest BCUT2D eigenvalue weighted by atomic mass is 16.3. The number of aliphatic imine (C=N–C) groups is 1. The topological polar surface area (TPSA) is 75.9 Å². The predicted octanol–water partition coefficient (Wildman–Crippen LogP) is 5.39. The van der Waals surface area contributed by atoms with E-state index in [-0.39, 0.29) is 17.4 Å². The summed E-state index contributed by atoms with van der Waals surface area (Å²) in [5, 5.41) is 2.79. The molecule has 0 amide bonds. The smallest absolute Gasteiger partial charge is 0.210 e. The Morgan fingerprint density at radius 2 is 1.79 bits per heavy atom. The average molecular weight is 376 g/mol. The van der Waals surface area contributed by atoms with Crippen LogP contribution < -0.4 is 5.43 Å². The first kappa shape index (κ1) is 21.1. The highest BCUT2D eigenvalue weighted by Crippen LogP contribution is 2.21. The van der Waals surface area contributed by atoms with Crippen LogP contribution in [0.4, 0.5) is 5.69 Å². The van der Waals surface area contributed by atoms with Gasteiger partial charge in [-0.1, -0.05) is 50.3 Å². The molecule has 0 fully saturated rings. The van der Waals surface area contributed by atoms with Crippen molar-refractivity contribution in [1.29, 1.82) is 0 Å². The van der Waals surface area contributed by atoms with Gasteiger partial charge in [-0.25, -0.2) is 0 Å². The number of hydrogen-bond acceptors (Lipinski definition) is 5. The van der Waals surface area contributed by atoms with Crippen LogP contribution in [0.15, 0.2) is 63.6 Å². The number of carbonyl (C=O) groups is 1. The van der Waals surface area contributed by atoms with Crippen molar-refractivity contribution in [3.05, 3.63) is 91.6 Å². The summed E-state index contributed by atoms with van der Waals surface area (Å²) in [5.74, 6) is -0.0920. The minimum Gasteiger partial charge on any atom is -0.289 e. The third-order valence-corrected chi connectivity index (χ3v) is 4.52. The zero-order valence-electron chi connectivity index (χ0n) is 16.6. The van der Waals surface area contributed by atoms with Crippen LogP contribution >= 0.6 is 0 Å². The van der Waals surface area contributed by atoms with Crippen LogP contribution in [0.25, 0.3) is 0 Å². The van der Waals surface area contributed by atoms with Crippen molar-refractivity contribution in [2.24, 2.45) is 10.2 Å². The van der Waals surface area contributed by atoms with E-state index in [1.807, 2.05) is 31.3 Å². The molecule has 2 rings (SSSR count). The highest BCUT2D eigenvalue weighted by molar-refractivity contribution is 6.10. The Kier molecular flexibility index (Phi) is 7.27. The van der Waals surface area contributed by atoms with E-state index in [2.05, 4.69) is 17.1 Å². The first-order valence-corrected chi connectivity index (χ1v) is 9.20. The van der Waals surface area contributed by atoms with Gasteiger partial charge in [0, 0.05) is 29.5 Å². The monoisotopic (exact) mass is 376 g/mol. The van der Waals surface area contributed by atoms with Gasteiger partial charge >= 0.3 is 0 Å². The van der Waals surface area contributed by atoms with Crippen molar-refractivity contribution in [2.75, 3.05) is 0 Å². The Morgan fingerprint density at radius 1 is 1.11 bits per heavy atom. The summed E-state index contributed by atoms with van der Waals surface area (Å²) in [7, 11) is 0. The number of nitrogens with zero attached hydrogens (tertiary/aromatic N) is 2. The number of nitroso groups, excluding NO2 is 1. The van der Waals surface area contributed by atoms with Crippen LogP contribution in [0, 0.1) is 18.8 Å². The summed E-state index contributed by atoms with van der Waals surface area (Å²) in [6, 6.07) is 10.2. The van der Waals surface area contributed by atoms with Crippen molar-refractivity contribution in [2.45, 2.75) is 40.0 Å². The molecule has 2 aromatic rings. The highest BCUT2D eigenvalue weighted by Gasteiger charge is 2.15. The summed E-state index contributed by atoms with van der Waals surface area (Å²) in [6.07, 6.45) is 6.49. The first-order chi connectivity index (χ1) is 13.4. The Balaban J connectivity index is 2.35. The van der Waals surface area contributed by atoms with Gasteiger partial charge in [0.15, 0.2) is 11.5 Å². The maximum atomic E-state index is 12.9. The standard InChI is InChI=1S/C23H24N2O3/c1-5-11-24-12-10-15(2)18-6-8-19(9-7-18)23(27)20-14-21(25-28)22(26)17(4)13-16(20)3/h6-15H,5H2,1-4H3/b12-10-,24-11-. The van der Waals surface area contributed by atoms with Crippen LogP contribution in [0.1, 0.15) is 58.8 Å². The first-order valence-electron chi connectivity index (χ1n) is 9.20. The molecule has 1 unspecified atom stereocenters. The second-order valence-corrected chi connectivity index (χ2v) is 6.70. The lowest BCUT2D eigenvalue weighted by atomic mass is 9.96. The van der Waals surface area contributed by atoms with Gasteiger partial charge in [0.1, 0.15) is 0 Å². The summed E-state index contributed by atoms with van der Waals surface area (Å²) in [4.78, 5) is 40.2. The Hall–Kier alpha value is -3.21. The molecular weight excluding hydrogens is 352 g/mol. The fourth-order valence-corrected chi connectivity index (χ4v) is 2.85. The van der Waals surface area contributed by atoms with Crippen molar-refractivity contribution >= 4 is 17.7 Å². The van der Waals surface area contributed by atoms with Crippen LogP contribution in [0.5, 0.6) is 0 Å². The number of allylic oxidation sites excluding steroid dienone is 1. The van der Waals surface area contributed by atoms with Crippen LogP contribution in [0.2, 0.25) is 0 Å². The van der Waals surface area contributed by atoms with E-state index in [0.29, 0.717) is 22.3 Å². The van der Waals surface area contributed by atoms with Gasteiger partial charge in [-0.2, -0.15) is 0 Å². The van der Waals surface area contributed by atoms with E-state index >= 15 is 0 Å². The third-order valence-electron chi connectivity index (χ3n) is 4.52. The molecule has 0 radical (unpaired) electrons. The molecule has 0 aliphatic carbocycles. The zero-order chi connectivity index (χ0) is 20.7. The zero-order valence-corrected chi connectivity index (χ0v) is 16.6. The molecule has 0 aromatic heterocycles. The molecule has 0 bridgehead atoms. The lowest BCUT2D eigenvalue weighted by Gasteiger charge is -2.08. The average Bonchev–Trinajstić information content (AvgIpc) is 2.81. The normalized spacial score (nSPS) is 12.4. The molecule has 0 spiro atoms. The molecule has 1 atom stereocenters. The molecule has 2 aromatic carbocycles. The SMILES string of the molecule is CC/C=N\C=C/C(C)c1ccc(C(=O)c2cc(N=O)c(=O)c(C)cc2C)cc1. The Morgan fingerprint density at radius 3 is 2.39 bits per heavy atom. The molecule has 0 aliphatic heterocycles. The number of rotatable bonds is 7. The fraction of sp³-hybridized carbons (Fsp3) is 0.261. The van der Waals surface area contributed by atoms with Gasteiger partial charge in [-0.15, -0.1) is 4.91 Å². The molecule has 144 valence electrons. The van der Waals surface area contributed by atoms with Crippen molar-refractivity contribution in [3.63, 3.8) is 0 Å². The molecule has 0 saturated heterocycles. The van der Waals surface area contributed by atoms with Crippen molar-refractivity contribution in [3.8, 4) is 0 Å². The number of aryl methyl sites for hydroxylation is 2. The minimum absolute atomic E-state index is 0.158. The second kappa shape index (κ2) is 9.65. The third kappa shape index (κ3) is 4.94.